The molecule has 6 heterocycles. The van der Waals surface area contributed by atoms with Crippen LogP contribution in [0.1, 0.15) is 51.8 Å². The quantitative estimate of drug-likeness (QED) is 0.0183. The Morgan fingerprint density at radius 2 is 0.950 bits per heavy atom. The Morgan fingerprint density at radius 1 is 0.529 bits per heavy atom. The predicted octanol–water partition coefficient (Wildman–Crippen LogP) is 22.6. The van der Waals surface area contributed by atoms with E-state index in [1.807, 2.05) is 115 Å². The van der Waals surface area contributed by atoms with Crippen LogP contribution < -0.4 is 28.6 Å². The highest BCUT2D eigenvalue weighted by Crippen LogP contribution is 2.33. The van der Waals surface area contributed by atoms with Gasteiger partial charge in [0.1, 0.15) is 33.1 Å². The maximum atomic E-state index is 13.3. The number of halogens is 10. The number of nitro benzene ring substituents is 1. The molecule has 0 unspecified atom stereocenters. The number of fused-ring (bicyclic) bond motifs is 6. The maximum absolute atomic E-state index is 13.3. The van der Waals surface area contributed by atoms with E-state index in [1.165, 1.54) is 22.8 Å². The number of nitrogens with zero attached hydrogens (tertiary/aromatic N) is 9. The molecule has 11 aromatic carbocycles. The van der Waals surface area contributed by atoms with Crippen LogP contribution in [0.4, 0.5) is 28.7 Å². The van der Waals surface area contributed by atoms with Crippen molar-refractivity contribution in [3.63, 3.8) is 0 Å². The first-order valence-electron chi connectivity index (χ1n) is 34.3. The zero-order chi connectivity index (χ0) is 86.6. The van der Waals surface area contributed by atoms with Crippen LogP contribution in [-0.4, -0.2) is 83.8 Å². The number of carbonyl (C=O) groups is 3. The number of aromatic amines is 2. The lowest BCUT2D eigenvalue weighted by Gasteiger charge is -2.11. The number of benzene rings is 11. The summed E-state index contributed by atoms with van der Waals surface area (Å²) in [6.45, 7) is 5.28. The van der Waals surface area contributed by atoms with Crippen LogP contribution in [0.15, 0.2) is 284 Å². The van der Waals surface area contributed by atoms with Gasteiger partial charge in [0.2, 0.25) is 0 Å². The second kappa shape index (κ2) is 44.8. The van der Waals surface area contributed by atoms with Crippen LogP contribution in [-0.2, 0) is 4.84 Å². The van der Waals surface area contributed by atoms with Gasteiger partial charge in [-0.05, 0) is 216 Å². The molecule has 0 fully saturated rings. The van der Waals surface area contributed by atoms with Gasteiger partial charge in [-0.15, -0.1) is 4.91 Å². The fraction of sp³-hybridized carbons (Fsp3) is 0.0488. The van der Waals surface area contributed by atoms with Crippen molar-refractivity contribution in [2.75, 3.05) is 22.9 Å². The average molecular weight is 1930 g/mol. The summed E-state index contributed by atoms with van der Waals surface area (Å²) in [5.74, 6) is 1.08. The molecule has 0 atom stereocenters. The van der Waals surface area contributed by atoms with Crippen molar-refractivity contribution < 1.29 is 43.0 Å². The topological polar surface area (TPSA) is 421 Å². The van der Waals surface area contributed by atoms with Gasteiger partial charge in [-0.1, -0.05) is 173 Å². The third-order valence-electron chi connectivity index (χ3n) is 15.4. The van der Waals surface area contributed by atoms with E-state index in [2.05, 4.69) is 87.9 Å². The number of aromatic nitrogens is 8. The minimum Gasteiger partial charge on any atom is -0.465 e. The summed E-state index contributed by atoms with van der Waals surface area (Å²) >= 11 is 48.9. The molecule has 0 amide bonds. The first-order chi connectivity index (χ1) is 56.7. The summed E-state index contributed by atoms with van der Waals surface area (Å²) in [5, 5.41) is 42.2. The van der Waals surface area contributed by atoms with Crippen molar-refractivity contribution in [1.29, 1.82) is 5.26 Å². The molecular weight excluding hydrogens is 1870 g/mol. The molecule has 17 aromatic rings. The van der Waals surface area contributed by atoms with Gasteiger partial charge in [-0.3, -0.25) is 33.6 Å². The monoisotopic (exact) mass is 1930 g/mol. The lowest BCUT2D eigenvalue weighted by atomic mass is 9.88. The van der Waals surface area contributed by atoms with E-state index in [9.17, 15) is 29.4 Å². The number of furan rings is 2. The summed E-state index contributed by atoms with van der Waals surface area (Å²) in [7, 11) is -1.53. The number of nitriles is 1. The van der Waals surface area contributed by atoms with E-state index in [-0.39, 0.29) is 28.8 Å². The highest BCUT2D eigenvalue weighted by Gasteiger charge is 2.24. The minimum atomic E-state index is -1.53. The van der Waals surface area contributed by atoms with E-state index in [0.29, 0.717) is 103 Å². The number of hydrogen-bond donors (Lipinski definition) is 8. The molecular formula is C82H64BBr3Cl7N15O11. The summed E-state index contributed by atoms with van der Waals surface area (Å²) in [5.41, 5.74) is 31.8. The van der Waals surface area contributed by atoms with Crippen LogP contribution >= 0.6 is 129 Å². The SMILES string of the molecule is CC(C)(C)ON=O.Clc1ccc2nc(Br)[nH]c2c1.N#CBr.Nc1ccc(Cl)cc1N.Nc1ccc(Cl)cc1[N+](=O)[O-].Nc1nc2ccc(Cl)cc2[nH]1.O=C(Cl)c1ccccc1.O=C(c1ccccc1)n1c(-c2cc3ccccc3o2)nc2ccc(Cl)cc21.O=C(c1ccccc1)n1c(Br)nc2ccc(Cl)cc21.OB(O)c1cc2ccccc2o1. The van der Waals surface area contributed by atoms with Crippen LogP contribution in [0, 0.1) is 25.3 Å². The summed E-state index contributed by atoms with van der Waals surface area (Å²) in [6, 6.07) is 76.1. The summed E-state index contributed by atoms with van der Waals surface area (Å²) < 4.78 is 15.4. The highest BCUT2D eigenvalue weighted by molar-refractivity contribution is 9.12. The molecule has 6 aromatic heterocycles. The normalized spacial score (nSPS) is 10.3. The molecule has 0 spiro atoms. The Kier molecular flexibility index (Phi) is 34.9. The Hall–Kier alpha value is -11.7. The number of H-pyrrole nitrogens is 2. The second-order valence-electron chi connectivity index (χ2n) is 25.0. The van der Waals surface area contributed by atoms with Gasteiger partial charge >= 0.3 is 7.12 Å². The Morgan fingerprint density at radius 3 is 1.40 bits per heavy atom. The van der Waals surface area contributed by atoms with Gasteiger partial charge in [0, 0.05) is 79.6 Å². The number of nitrogens with two attached hydrogens (primary N) is 4. The van der Waals surface area contributed by atoms with Crippen molar-refractivity contribution in [2.45, 2.75) is 26.4 Å². The zero-order valence-electron chi connectivity index (χ0n) is 62.1. The van der Waals surface area contributed by atoms with E-state index >= 15 is 0 Å². The van der Waals surface area contributed by atoms with Gasteiger partial charge in [0.15, 0.2) is 32.3 Å². The fourth-order valence-electron chi connectivity index (χ4n) is 10.1. The number of anilines is 4. The lowest BCUT2D eigenvalue weighted by Crippen LogP contribution is -2.27. The standard InChI is InChI=1S/C22H13ClN2O2.C14H8BrClN2O.C8H7BO3.C7H4BrClN2.C7H6ClN3.C7H5ClO.C6H5ClN2O2.C6H7ClN2.C4H9NO2.CBrN/c23-16-10-11-17-18(13-16)25(22(26)14-6-2-1-3-7-14)21(24-17)20-12-15-8-4-5-9-19(15)27-20;15-14-17-11-7-6-10(16)8-12(11)18(14)13(19)9-4-2-1-3-5-9;10-9(11)8-5-6-3-1-2-4-7(6)12-8;8-7-10-5-2-1-4(9)3-6(5)11-7;8-4-1-2-5-6(3-4)11-7(9)10-5;8-7(9)6-4-2-1-3-5-6;7-4-1-2-5(8)6(3-4)9(10)11;7-4-1-2-5(8)6(9)3-4;1-4(2,3)7-5-6;2-1-3/h1-13H;1-8H;1-5,10-11H;1-3H,(H,10,11);1-3H,(H3,9,10,11);1-5H;1-3H,8H2;1-3H,8-9H2;1-3H3;. The molecule has 0 saturated carbocycles. The molecule has 26 nitrogen and oxygen atoms in total. The zero-order valence-corrected chi connectivity index (χ0v) is 72.1. The van der Waals surface area contributed by atoms with Crippen LogP contribution in [0.25, 0.3) is 77.7 Å². The van der Waals surface area contributed by atoms with Crippen molar-refractivity contribution in [2.24, 2.45) is 5.34 Å². The molecule has 0 aliphatic rings. The molecule has 17 rings (SSSR count). The number of nitrogen functional groups attached to an aromatic ring is 4. The number of imidazole rings is 4. The number of nitrogens with one attached hydrogen (secondary N) is 2. The van der Waals surface area contributed by atoms with Crippen LogP contribution in [0.2, 0.25) is 30.1 Å². The third-order valence-corrected chi connectivity index (χ3v) is 17.9. The van der Waals surface area contributed by atoms with Gasteiger partial charge in [0.25, 0.3) is 22.7 Å². The van der Waals surface area contributed by atoms with Crippen molar-refractivity contribution in [3.05, 3.63) is 332 Å². The Bertz CT molecular complexity index is 6250. The second-order valence-corrected chi connectivity index (χ2v) is 29.8. The molecule has 0 aliphatic heterocycles. The molecule has 0 bridgehead atoms. The number of para-hydroxylation sites is 2. The average Bonchev–Trinajstić information content (AvgIpc) is 1.61. The van der Waals surface area contributed by atoms with Gasteiger partial charge in [-0.2, -0.15) is 5.26 Å². The largest absolute Gasteiger partial charge is 0.526 e. The van der Waals surface area contributed by atoms with Crippen molar-refractivity contribution >= 4 is 254 Å². The summed E-state index contributed by atoms with van der Waals surface area (Å²) in [6.07, 6.45) is 0. The highest BCUT2D eigenvalue weighted by atomic mass is 79.9. The number of carbonyl (C=O) groups excluding carboxylic acids is 3. The van der Waals surface area contributed by atoms with Crippen LogP contribution in [0.5, 0.6) is 0 Å². The minimum absolute atomic E-state index is 0.124. The van der Waals surface area contributed by atoms with Gasteiger partial charge < -0.3 is 56.6 Å². The Labute approximate surface area is 738 Å². The molecule has 12 N–H and O–H groups in total. The predicted molar refractivity (Wildman–Crippen MR) is 486 cm³/mol. The number of hydrogen-bond acceptors (Lipinski definition) is 21. The number of rotatable bonds is 7. The lowest BCUT2D eigenvalue weighted by molar-refractivity contribution is -0.383. The van der Waals surface area contributed by atoms with E-state index in [0.717, 1.165) is 48.7 Å². The molecule has 0 radical (unpaired) electrons. The van der Waals surface area contributed by atoms with E-state index in [1.54, 1.807) is 158 Å². The van der Waals surface area contributed by atoms with Gasteiger partial charge in [0.05, 0.1) is 60.4 Å². The first kappa shape index (κ1) is 92.8. The molecule has 0 saturated heterocycles. The molecule has 37 heteroatoms. The van der Waals surface area contributed by atoms with Crippen LogP contribution in [0.3, 0.4) is 0 Å². The van der Waals surface area contributed by atoms with Crippen molar-refractivity contribution in [3.8, 4) is 16.6 Å². The third kappa shape index (κ3) is 27.7. The molecule has 0 aliphatic carbocycles. The summed E-state index contributed by atoms with van der Waals surface area (Å²) in [4.78, 5) is 84.1. The smallest absolute Gasteiger partial charge is 0.465 e. The first-order valence-corrected chi connectivity index (χ1v) is 39.3. The van der Waals surface area contributed by atoms with Crippen molar-refractivity contribution in [1.82, 2.24) is 39.0 Å². The molecule has 119 heavy (non-hydrogen) atoms. The van der Waals surface area contributed by atoms with E-state index < -0.39 is 22.9 Å². The number of nitro groups is 1. The maximum Gasteiger partial charge on any atom is 0.526 e. The fourth-order valence-corrected chi connectivity index (χ4v) is 12.2. The van der Waals surface area contributed by atoms with Gasteiger partial charge in [-0.25, -0.2) is 19.9 Å². The molecule has 606 valence electrons. The van der Waals surface area contributed by atoms with E-state index in [4.69, 9.17) is 128 Å². The Balaban J connectivity index is 0.000000172.